The Morgan fingerprint density at radius 1 is 1.00 bits per heavy atom. The van der Waals surface area contributed by atoms with Crippen molar-refractivity contribution in [1.29, 1.82) is 0 Å². The quantitative estimate of drug-likeness (QED) is 0.598. The SMILES string of the molecule is CN1CCc2c(n(C=Cc3ccc(F)c(F)c3)c3ccc(Cl)cc23)CC1. The van der Waals surface area contributed by atoms with Crippen LogP contribution in [-0.4, -0.2) is 29.6 Å². The highest BCUT2D eigenvalue weighted by Gasteiger charge is 2.19. The summed E-state index contributed by atoms with van der Waals surface area (Å²) < 4.78 is 28.8. The average molecular weight is 373 g/mol. The van der Waals surface area contributed by atoms with E-state index in [4.69, 9.17) is 11.6 Å². The molecule has 0 aliphatic carbocycles. The van der Waals surface area contributed by atoms with Gasteiger partial charge in [-0.3, -0.25) is 0 Å². The third kappa shape index (κ3) is 3.15. The van der Waals surface area contributed by atoms with Crippen LogP contribution in [0.25, 0.3) is 23.2 Å². The van der Waals surface area contributed by atoms with Crippen LogP contribution in [0.4, 0.5) is 8.78 Å². The van der Waals surface area contributed by atoms with Gasteiger partial charge < -0.3 is 9.47 Å². The molecule has 0 unspecified atom stereocenters. The van der Waals surface area contributed by atoms with Crippen molar-refractivity contribution in [2.45, 2.75) is 12.8 Å². The number of benzene rings is 2. The second-order valence-corrected chi connectivity index (χ2v) is 7.19. The number of aromatic nitrogens is 1. The van der Waals surface area contributed by atoms with Gasteiger partial charge in [-0.15, -0.1) is 0 Å². The maximum Gasteiger partial charge on any atom is 0.159 e. The van der Waals surface area contributed by atoms with E-state index < -0.39 is 11.6 Å². The fourth-order valence-electron chi connectivity index (χ4n) is 3.61. The zero-order valence-corrected chi connectivity index (χ0v) is 15.2. The van der Waals surface area contributed by atoms with Crippen LogP contribution in [0.2, 0.25) is 5.02 Å². The van der Waals surface area contributed by atoms with Gasteiger partial charge in [0.2, 0.25) is 0 Å². The predicted molar refractivity (Wildman–Crippen MR) is 103 cm³/mol. The molecule has 0 bridgehead atoms. The van der Waals surface area contributed by atoms with Gasteiger partial charge in [-0.25, -0.2) is 8.78 Å². The Morgan fingerprint density at radius 3 is 2.62 bits per heavy atom. The maximum atomic E-state index is 13.5. The summed E-state index contributed by atoms with van der Waals surface area (Å²) in [6.45, 7) is 1.99. The molecule has 0 fully saturated rings. The first-order valence-corrected chi connectivity index (χ1v) is 9.04. The van der Waals surface area contributed by atoms with Crippen LogP contribution in [-0.2, 0) is 12.8 Å². The molecule has 4 rings (SSSR count). The predicted octanol–water partition coefficient (Wildman–Crippen LogP) is 5.23. The molecule has 1 aliphatic heterocycles. The maximum absolute atomic E-state index is 13.5. The van der Waals surface area contributed by atoms with Crippen LogP contribution in [0.3, 0.4) is 0 Å². The number of likely N-dealkylation sites (N-methyl/N-ethyl adjacent to an activating group) is 1. The summed E-state index contributed by atoms with van der Waals surface area (Å²) in [5, 5.41) is 1.89. The van der Waals surface area contributed by atoms with Crippen LogP contribution in [0.1, 0.15) is 16.8 Å². The standard InChI is InChI=1S/C21H19ClF2N2/c1-25-9-7-16-17-13-15(22)3-5-20(17)26(21(16)8-10-25)11-6-14-2-4-18(23)19(24)12-14/h2-6,11-13H,7-10H2,1H3. The monoisotopic (exact) mass is 372 g/mol. The Bertz CT molecular complexity index is 1010. The van der Waals surface area contributed by atoms with Gasteiger partial charge in [0.15, 0.2) is 11.6 Å². The van der Waals surface area contributed by atoms with Gasteiger partial charge in [0, 0.05) is 41.8 Å². The summed E-state index contributed by atoms with van der Waals surface area (Å²) in [6.07, 6.45) is 5.65. The summed E-state index contributed by atoms with van der Waals surface area (Å²) in [6, 6.07) is 9.86. The van der Waals surface area contributed by atoms with Gasteiger partial charge in [-0.2, -0.15) is 0 Å². The Kier molecular flexibility index (Phi) is 4.55. The molecule has 5 heteroatoms. The molecule has 0 spiro atoms. The lowest BCUT2D eigenvalue weighted by Crippen LogP contribution is -2.21. The number of rotatable bonds is 2. The van der Waals surface area contributed by atoms with E-state index in [0.29, 0.717) is 5.56 Å². The summed E-state index contributed by atoms with van der Waals surface area (Å²) >= 11 is 6.23. The van der Waals surface area contributed by atoms with Gasteiger partial charge in [0.1, 0.15) is 0 Å². The molecular formula is C21H19ClF2N2. The van der Waals surface area contributed by atoms with Crippen molar-refractivity contribution in [3.05, 3.63) is 69.9 Å². The molecule has 2 aromatic carbocycles. The third-order valence-electron chi connectivity index (χ3n) is 5.02. The van der Waals surface area contributed by atoms with E-state index in [1.807, 2.05) is 30.5 Å². The van der Waals surface area contributed by atoms with E-state index >= 15 is 0 Å². The first-order chi connectivity index (χ1) is 12.5. The lowest BCUT2D eigenvalue weighted by Gasteiger charge is -2.12. The van der Waals surface area contributed by atoms with Crippen molar-refractivity contribution in [3.63, 3.8) is 0 Å². The lowest BCUT2D eigenvalue weighted by molar-refractivity contribution is 0.351. The number of halogens is 3. The molecule has 0 amide bonds. The fraction of sp³-hybridized carbons (Fsp3) is 0.238. The van der Waals surface area contributed by atoms with Gasteiger partial charge in [0.25, 0.3) is 0 Å². The third-order valence-corrected chi connectivity index (χ3v) is 5.25. The van der Waals surface area contributed by atoms with Crippen molar-refractivity contribution >= 4 is 34.8 Å². The minimum atomic E-state index is -0.836. The Morgan fingerprint density at radius 2 is 1.81 bits per heavy atom. The zero-order chi connectivity index (χ0) is 18.3. The van der Waals surface area contributed by atoms with Crippen molar-refractivity contribution in [2.75, 3.05) is 20.1 Å². The molecule has 0 N–H and O–H groups in total. The molecule has 3 aromatic rings. The highest BCUT2D eigenvalue weighted by molar-refractivity contribution is 6.31. The summed E-state index contributed by atoms with van der Waals surface area (Å²) in [5.74, 6) is -1.67. The smallest absolute Gasteiger partial charge is 0.159 e. The van der Waals surface area contributed by atoms with Gasteiger partial charge in [-0.1, -0.05) is 17.7 Å². The van der Waals surface area contributed by atoms with Crippen LogP contribution in [0.5, 0.6) is 0 Å². The largest absolute Gasteiger partial charge is 0.320 e. The van der Waals surface area contributed by atoms with Gasteiger partial charge in [0.05, 0.1) is 5.52 Å². The number of fused-ring (bicyclic) bond motifs is 3. The molecule has 134 valence electrons. The van der Waals surface area contributed by atoms with Crippen LogP contribution >= 0.6 is 11.6 Å². The lowest BCUT2D eigenvalue weighted by atomic mass is 10.1. The Hall–Kier alpha value is -2.17. The average Bonchev–Trinajstić information content (AvgIpc) is 2.76. The normalized spacial score (nSPS) is 15.5. The molecule has 1 aromatic heterocycles. The zero-order valence-electron chi connectivity index (χ0n) is 14.5. The molecule has 0 atom stereocenters. The summed E-state index contributed by atoms with van der Waals surface area (Å²) in [5.41, 5.74) is 4.29. The first-order valence-electron chi connectivity index (χ1n) is 8.66. The summed E-state index contributed by atoms with van der Waals surface area (Å²) in [4.78, 5) is 2.32. The Balaban J connectivity index is 1.83. The van der Waals surface area contributed by atoms with Crippen molar-refractivity contribution in [1.82, 2.24) is 9.47 Å². The van der Waals surface area contributed by atoms with Crippen LogP contribution in [0, 0.1) is 11.6 Å². The second kappa shape index (κ2) is 6.86. The van der Waals surface area contributed by atoms with E-state index in [2.05, 4.69) is 16.5 Å². The van der Waals surface area contributed by atoms with E-state index in [9.17, 15) is 8.78 Å². The van der Waals surface area contributed by atoms with E-state index in [1.165, 1.54) is 17.3 Å². The minimum Gasteiger partial charge on any atom is -0.320 e. The van der Waals surface area contributed by atoms with E-state index in [-0.39, 0.29) is 0 Å². The molecule has 26 heavy (non-hydrogen) atoms. The highest BCUT2D eigenvalue weighted by atomic mass is 35.5. The first kappa shape index (κ1) is 17.3. The number of hydrogen-bond acceptors (Lipinski definition) is 1. The van der Waals surface area contributed by atoms with Gasteiger partial charge >= 0.3 is 0 Å². The fourth-order valence-corrected chi connectivity index (χ4v) is 3.79. The van der Waals surface area contributed by atoms with E-state index in [1.54, 1.807) is 6.07 Å². The van der Waals surface area contributed by atoms with E-state index in [0.717, 1.165) is 47.9 Å². The molecule has 2 heterocycles. The number of hydrogen-bond donors (Lipinski definition) is 0. The number of nitrogens with zero attached hydrogens (tertiary/aromatic N) is 2. The topological polar surface area (TPSA) is 8.17 Å². The van der Waals surface area contributed by atoms with Gasteiger partial charge in [-0.05, 0) is 61.0 Å². The molecule has 0 radical (unpaired) electrons. The Labute approximate surface area is 156 Å². The van der Waals surface area contributed by atoms with Crippen molar-refractivity contribution in [2.24, 2.45) is 0 Å². The minimum absolute atomic E-state index is 0.624. The summed E-state index contributed by atoms with van der Waals surface area (Å²) in [7, 11) is 2.13. The van der Waals surface area contributed by atoms with Crippen LogP contribution in [0.15, 0.2) is 36.4 Å². The van der Waals surface area contributed by atoms with Crippen molar-refractivity contribution in [3.8, 4) is 0 Å². The molecule has 0 saturated heterocycles. The molecule has 0 saturated carbocycles. The highest BCUT2D eigenvalue weighted by Crippen LogP contribution is 2.31. The molecule has 1 aliphatic rings. The van der Waals surface area contributed by atoms with Crippen molar-refractivity contribution < 1.29 is 8.78 Å². The van der Waals surface area contributed by atoms with Crippen LogP contribution < -0.4 is 0 Å². The molecule has 2 nitrogen and oxygen atoms in total. The second-order valence-electron chi connectivity index (χ2n) is 6.75. The molecular weight excluding hydrogens is 354 g/mol.